The third-order valence-corrected chi connectivity index (χ3v) is 4.90. The van der Waals surface area contributed by atoms with E-state index >= 15 is 0 Å². The van der Waals surface area contributed by atoms with Crippen LogP contribution in [0.15, 0.2) is 12.4 Å². The molecule has 3 nitrogen and oxygen atoms in total. The minimum atomic E-state index is -0.661. The summed E-state index contributed by atoms with van der Waals surface area (Å²) < 4.78 is 1.96. The molecule has 0 aromatic carbocycles. The Morgan fingerprint density at radius 3 is 2.75 bits per heavy atom. The van der Waals surface area contributed by atoms with E-state index in [9.17, 15) is 5.11 Å². The summed E-state index contributed by atoms with van der Waals surface area (Å²) in [7, 11) is 0. The first kappa shape index (κ1) is 15.6. The first-order chi connectivity index (χ1) is 9.35. The van der Waals surface area contributed by atoms with E-state index in [1.165, 1.54) is 6.42 Å². The van der Waals surface area contributed by atoms with Crippen molar-refractivity contribution in [3.05, 3.63) is 18.0 Å². The van der Waals surface area contributed by atoms with E-state index in [0.29, 0.717) is 11.3 Å². The molecule has 0 saturated heterocycles. The average Bonchev–Trinajstić information content (AvgIpc) is 2.72. The number of hydrogen-bond acceptors (Lipinski definition) is 2. The van der Waals surface area contributed by atoms with E-state index in [1.807, 2.05) is 17.1 Å². The van der Waals surface area contributed by atoms with Crippen LogP contribution in [0.25, 0.3) is 0 Å². The zero-order valence-corrected chi connectivity index (χ0v) is 13.5. The molecule has 2 rings (SSSR count). The van der Waals surface area contributed by atoms with Crippen molar-refractivity contribution >= 4 is 0 Å². The maximum atomic E-state index is 11.0. The van der Waals surface area contributed by atoms with Crippen LogP contribution in [-0.4, -0.2) is 14.9 Å². The topological polar surface area (TPSA) is 38.0 Å². The fourth-order valence-corrected chi connectivity index (χ4v) is 3.43. The zero-order chi connectivity index (χ0) is 14.8. The van der Waals surface area contributed by atoms with Gasteiger partial charge in [0.15, 0.2) is 0 Å². The van der Waals surface area contributed by atoms with E-state index in [2.05, 4.69) is 32.8 Å². The predicted molar refractivity (Wildman–Crippen MR) is 82.4 cm³/mol. The SMILES string of the molecule is CCCn1cc(C2(O)CCCC(C(C)(C)C)CC2)cn1. The molecule has 2 atom stereocenters. The Hall–Kier alpha value is -0.830. The van der Waals surface area contributed by atoms with Crippen LogP contribution >= 0.6 is 0 Å². The normalized spacial score (nSPS) is 28.4. The van der Waals surface area contributed by atoms with Crippen LogP contribution in [0, 0.1) is 11.3 Å². The molecule has 0 bridgehead atoms. The molecule has 0 radical (unpaired) electrons. The van der Waals surface area contributed by atoms with Gasteiger partial charge in [0.25, 0.3) is 0 Å². The lowest BCUT2D eigenvalue weighted by Gasteiger charge is -2.30. The Labute approximate surface area is 123 Å². The van der Waals surface area contributed by atoms with Crippen LogP contribution in [0.2, 0.25) is 0 Å². The van der Waals surface area contributed by atoms with Gasteiger partial charge in [-0.2, -0.15) is 5.10 Å². The van der Waals surface area contributed by atoms with Gasteiger partial charge in [-0.05, 0) is 49.9 Å². The quantitative estimate of drug-likeness (QED) is 0.845. The van der Waals surface area contributed by atoms with Gasteiger partial charge in [-0.25, -0.2) is 0 Å². The van der Waals surface area contributed by atoms with E-state index in [-0.39, 0.29) is 0 Å². The van der Waals surface area contributed by atoms with E-state index in [0.717, 1.165) is 44.2 Å². The molecule has 1 heterocycles. The van der Waals surface area contributed by atoms with E-state index in [4.69, 9.17) is 0 Å². The van der Waals surface area contributed by atoms with Crippen LogP contribution in [0.5, 0.6) is 0 Å². The molecule has 1 saturated carbocycles. The van der Waals surface area contributed by atoms with E-state index < -0.39 is 5.60 Å². The molecule has 20 heavy (non-hydrogen) atoms. The lowest BCUT2D eigenvalue weighted by molar-refractivity contribution is 0.0179. The molecule has 1 aliphatic carbocycles. The van der Waals surface area contributed by atoms with Crippen molar-refractivity contribution < 1.29 is 5.11 Å². The number of hydrogen-bond donors (Lipinski definition) is 1. The van der Waals surface area contributed by atoms with Crippen molar-refractivity contribution in [2.75, 3.05) is 0 Å². The molecule has 1 fully saturated rings. The molecule has 1 aliphatic rings. The summed E-state index contributed by atoms with van der Waals surface area (Å²) in [4.78, 5) is 0. The van der Waals surface area contributed by atoms with Gasteiger partial charge < -0.3 is 5.11 Å². The Balaban J connectivity index is 2.10. The molecule has 2 unspecified atom stereocenters. The summed E-state index contributed by atoms with van der Waals surface area (Å²) in [5, 5.41) is 15.4. The number of rotatable bonds is 3. The van der Waals surface area contributed by atoms with Gasteiger partial charge >= 0.3 is 0 Å². The summed E-state index contributed by atoms with van der Waals surface area (Å²) in [5.41, 5.74) is 0.699. The monoisotopic (exact) mass is 278 g/mol. The number of aryl methyl sites for hydroxylation is 1. The third-order valence-electron chi connectivity index (χ3n) is 4.90. The maximum Gasteiger partial charge on any atom is 0.0927 e. The molecule has 1 aromatic rings. The second kappa shape index (κ2) is 5.88. The molecule has 0 spiro atoms. The largest absolute Gasteiger partial charge is 0.385 e. The lowest BCUT2D eigenvalue weighted by atomic mass is 9.76. The van der Waals surface area contributed by atoms with Crippen molar-refractivity contribution in [1.82, 2.24) is 9.78 Å². The fourth-order valence-electron chi connectivity index (χ4n) is 3.43. The maximum absolute atomic E-state index is 11.0. The van der Waals surface area contributed by atoms with Crippen molar-refractivity contribution in [1.29, 1.82) is 0 Å². The van der Waals surface area contributed by atoms with Crippen molar-refractivity contribution in [3.8, 4) is 0 Å². The Bertz CT molecular complexity index is 432. The highest BCUT2D eigenvalue weighted by Crippen LogP contribution is 2.43. The van der Waals surface area contributed by atoms with E-state index in [1.54, 1.807) is 0 Å². The Morgan fingerprint density at radius 2 is 2.10 bits per heavy atom. The van der Waals surface area contributed by atoms with Crippen molar-refractivity contribution in [2.24, 2.45) is 11.3 Å². The molecule has 0 aliphatic heterocycles. The van der Waals surface area contributed by atoms with Gasteiger partial charge in [0.2, 0.25) is 0 Å². The number of aliphatic hydroxyl groups is 1. The smallest absolute Gasteiger partial charge is 0.0927 e. The molecule has 1 N–H and O–H groups in total. The number of nitrogens with zero attached hydrogens (tertiary/aromatic N) is 2. The second-order valence-corrected chi connectivity index (χ2v) is 7.52. The molecule has 0 amide bonds. The van der Waals surface area contributed by atoms with Crippen LogP contribution < -0.4 is 0 Å². The molecular weight excluding hydrogens is 248 g/mol. The highest BCUT2D eigenvalue weighted by atomic mass is 16.3. The van der Waals surface area contributed by atoms with Gasteiger partial charge in [0.05, 0.1) is 11.8 Å². The highest BCUT2D eigenvalue weighted by Gasteiger charge is 2.36. The first-order valence-corrected chi connectivity index (χ1v) is 8.10. The van der Waals surface area contributed by atoms with Gasteiger partial charge in [0.1, 0.15) is 0 Å². The Kier molecular flexibility index (Phi) is 4.58. The van der Waals surface area contributed by atoms with Crippen LogP contribution in [-0.2, 0) is 12.1 Å². The minimum absolute atomic E-state index is 0.345. The molecule has 114 valence electrons. The van der Waals surface area contributed by atoms with Crippen LogP contribution in [0.4, 0.5) is 0 Å². The molecular formula is C17H30N2O. The van der Waals surface area contributed by atoms with Gasteiger partial charge in [-0.15, -0.1) is 0 Å². The second-order valence-electron chi connectivity index (χ2n) is 7.52. The number of aromatic nitrogens is 2. The van der Waals surface area contributed by atoms with Gasteiger partial charge in [0, 0.05) is 18.3 Å². The van der Waals surface area contributed by atoms with Crippen LogP contribution in [0.1, 0.15) is 71.8 Å². The Morgan fingerprint density at radius 1 is 1.35 bits per heavy atom. The summed E-state index contributed by atoms with van der Waals surface area (Å²) in [6.45, 7) is 10.0. The fraction of sp³-hybridized carbons (Fsp3) is 0.824. The molecule has 3 heteroatoms. The first-order valence-electron chi connectivity index (χ1n) is 8.10. The van der Waals surface area contributed by atoms with Gasteiger partial charge in [-0.3, -0.25) is 4.68 Å². The molecule has 1 aromatic heterocycles. The summed E-state index contributed by atoms with van der Waals surface area (Å²) in [6, 6.07) is 0. The van der Waals surface area contributed by atoms with Crippen LogP contribution in [0.3, 0.4) is 0 Å². The van der Waals surface area contributed by atoms with Crippen molar-refractivity contribution in [2.45, 2.75) is 78.4 Å². The summed E-state index contributed by atoms with van der Waals surface area (Å²) in [6.07, 6.45) is 10.2. The highest BCUT2D eigenvalue weighted by molar-refractivity contribution is 5.15. The average molecular weight is 278 g/mol. The van der Waals surface area contributed by atoms with Crippen molar-refractivity contribution in [3.63, 3.8) is 0 Å². The zero-order valence-electron chi connectivity index (χ0n) is 13.5. The predicted octanol–water partition coefficient (Wildman–Crippen LogP) is 4.11. The summed E-state index contributed by atoms with van der Waals surface area (Å²) >= 11 is 0. The standard InChI is InChI=1S/C17H30N2O/c1-5-11-19-13-15(12-18-19)17(20)9-6-7-14(8-10-17)16(2,3)4/h12-14,20H,5-11H2,1-4H3. The summed E-state index contributed by atoms with van der Waals surface area (Å²) in [5.74, 6) is 0.710. The van der Waals surface area contributed by atoms with Gasteiger partial charge in [-0.1, -0.05) is 27.7 Å². The third kappa shape index (κ3) is 3.43. The lowest BCUT2D eigenvalue weighted by Crippen LogP contribution is -2.25. The minimum Gasteiger partial charge on any atom is -0.385 e.